The van der Waals surface area contributed by atoms with Crippen molar-refractivity contribution in [3.63, 3.8) is 0 Å². The van der Waals surface area contributed by atoms with Crippen LogP contribution in [0.15, 0.2) is 24.3 Å². The van der Waals surface area contributed by atoms with E-state index in [1.165, 1.54) is 12.8 Å². The van der Waals surface area contributed by atoms with Gasteiger partial charge in [-0.2, -0.15) is 0 Å². The molecule has 0 amide bonds. The average Bonchev–Trinajstić information content (AvgIpc) is 2.65. The van der Waals surface area contributed by atoms with Crippen LogP contribution in [0, 0.1) is 17.3 Å². The van der Waals surface area contributed by atoms with Gasteiger partial charge in [0.1, 0.15) is 0 Å². The van der Waals surface area contributed by atoms with Crippen molar-refractivity contribution < 1.29 is 19.1 Å². The summed E-state index contributed by atoms with van der Waals surface area (Å²) in [6.45, 7) is 14.0. The van der Waals surface area contributed by atoms with Crippen molar-refractivity contribution >= 4 is 11.9 Å². The van der Waals surface area contributed by atoms with Crippen molar-refractivity contribution in [2.45, 2.75) is 86.5 Å². The first-order valence-corrected chi connectivity index (χ1v) is 11.5. The summed E-state index contributed by atoms with van der Waals surface area (Å²) in [5.74, 6) is 0.296. The van der Waals surface area contributed by atoms with Crippen LogP contribution >= 0.6 is 0 Å². The third-order valence-corrected chi connectivity index (χ3v) is 5.08. The maximum atomic E-state index is 12.5. The Morgan fingerprint density at radius 3 is 1.87 bits per heavy atom. The van der Waals surface area contributed by atoms with E-state index in [0.29, 0.717) is 19.1 Å². The van der Waals surface area contributed by atoms with Crippen LogP contribution in [0.25, 0.3) is 0 Å². The molecule has 1 aromatic carbocycles. The molecule has 4 nitrogen and oxygen atoms in total. The van der Waals surface area contributed by atoms with Crippen LogP contribution in [-0.2, 0) is 9.47 Å². The fourth-order valence-corrected chi connectivity index (χ4v) is 3.67. The third-order valence-electron chi connectivity index (χ3n) is 5.08. The summed E-state index contributed by atoms with van der Waals surface area (Å²) in [6, 6.07) is 6.74. The van der Waals surface area contributed by atoms with Crippen molar-refractivity contribution in [3.05, 3.63) is 35.4 Å². The highest BCUT2D eigenvalue weighted by molar-refractivity contribution is 6.03. The molecule has 1 atom stereocenters. The van der Waals surface area contributed by atoms with Gasteiger partial charge in [-0.25, -0.2) is 9.59 Å². The molecule has 0 radical (unpaired) electrons. The van der Waals surface area contributed by atoms with Gasteiger partial charge in [0.15, 0.2) is 0 Å². The molecule has 0 aromatic heterocycles. The maximum Gasteiger partial charge on any atom is 0.339 e. The van der Waals surface area contributed by atoms with Crippen LogP contribution in [-0.4, -0.2) is 25.2 Å². The lowest BCUT2D eigenvalue weighted by molar-refractivity contribution is 0.0439. The summed E-state index contributed by atoms with van der Waals surface area (Å²) in [4.78, 5) is 25.0. The molecule has 170 valence electrons. The summed E-state index contributed by atoms with van der Waals surface area (Å²) in [7, 11) is 0. The Hall–Kier alpha value is -1.84. The number of hydrogen-bond donors (Lipinski definition) is 0. The molecule has 0 saturated heterocycles. The van der Waals surface area contributed by atoms with Crippen molar-refractivity contribution in [1.29, 1.82) is 0 Å². The molecule has 0 fully saturated rings. The predicted octanol–water partition coefficient (Wildman–Crippen LogP) is 7.07. The molecule has 0 aliphatic rings. The smallest absolute Gasteiger partial charge is 0.339 e. The molecule has 0 saturated carbocycles. The van der Waals surface area contributed by atoms with E-state index in [9.17, 15) is 9.59 Å². The summed E-state index contributed by atoms with van der Waals surface area (Å²) in [6.07, 6.45) is 7.40. The second-order valence-electron chi connectivity index (χ2n) is 10.1. The zero-order chi connectivity index (χ0) is 22.6. The normalized spacial score (nSPS) is 12.6. The van der Waals surface area contributed by atoms with Crippen LogP contribution < -0.4 is 0 Å². The number of unbranched alkanes of at least 4 members (excludes halogenated alkanes) is 3. The minimum Gasteiger partial charge on any atom is -0.462 e. The number of carbonyl (C=O) groups excluding carboxylic acids is 2. The Morgan fingerprint density at radius 2 is 1.33 bits per heavy atom. The van der Waals surface area contributed by atoms with E-state index in [1.807, 2.05) is 0 Å². The number of benzene rings is 1. The van der Waals surface area contributed by atoms with Crippen LogP contribution in [0.5, 0.6) is 0 Å². The topological polar surface area (TPSA) is 52.6 Å². The molecule has 30 heavy (non-hydrogen) atoms. The van der Waals surface area contributed by atoms with E-state index < -0.39 is 11.9 Å². The predicted molar refractivity (Wildman–Crippen MR) is 123 cm³/mol. The SMILES string of the molecule is CC(C)CCCCCCOC(=O)c1ccccc1C(=O)OCCC(C)CC(C)(C)C. The van der Waals surface area contributed by atoms with Crippen LogP contribution in [0.2, 0.25) is 0 Å². The number of rotatable bonds is 13. The molecule has 0 bridgehead atoms. The Morgan fingerprint density at radius 1 is 0.800 bits per heavy atom. The van der Waals surface area contributed by atoms with Crippen molar-refractivity contribution in [3.8, 4) is 0 Å². The lowest BCUT2D eigenvalue weighted by Crippen LogP contribution is -2.17. The van der Waals surface area contributed by atoms with Crippen LogP contribution in [0.1, 0.15) is 107 Å². The van der Waals surface area contributed by atoms with E-state index in [-0.39, 0.29) is 16.5 Å². The van der Waals surface area contributed by atoms with Gasteiger partial charge in [-0.05, 0) is 48.6 Å². The lowest BCUT2D eigenvalue weighted by atomic mass is 9.84. The molecular formula is C26H42O4. The van der Waals surface area contributed by atoms with Gasteiger partial charge >= 0.3 is 11.9 Å². The first kappa shape index (κ1) is 26.2. The monoisotopic (exact) mass is 418 g/mol. The fourth-order valence-electron chi connectivity index (χ4n) is 3.67. The summed E-state index contributed by atoms with van der Waals surface area (Å²) >= 11 is 0. The summed E-state index contributed by atoms with van der Waals surface area (Å²) in [5, 5.41) is 0. The van der Waals surface area contributed by atoms with Gasteiger partial charge in [-0.1, -0.05) is 79.4 Å². The molecule has 1 unspecified atom stereocenters. The summed E-state index contributed by atoms with van der Waals surface area (Å²) < 4.78 is 10.8. The number of hydrogen-bond acceptors (Lipinski definition) is 4. The highest BCUT2D eigenvalue weighted by Crippen LogP contribution is 2.26. The van der Waals surface area contributed by atoms with E-state index >= 15 is 0 Å². The Kier molecular flexibility index (Phi) is 11.8. The number of esters is 2. The van der Waals surface area contributed by atoms with Crippen LogP contribution in [0.4, 0.5) is 0 Å². The van der Waals surface area contributed by atoms with Crippen molar-refractivity contribution in [2.75, 3.05) is 13.2 Å². The van der Waals surface area contributed by atoms with E-state index in [2.05, 4.69) is 41.5 Å². The molecule has 0 aliphatic heterocycles. The fraction of sp³-hybridized carbons (Fsp3) is 0.692. The Bertz CT molecular complexity index is 643. The standard InChI is InChI=1S/C26H42O4/c1-20(2)13-9-7-8-12-17-29-24(27)22-14-10-11-15-23(22)25(28)30-18-16-21(3)19-26(4,5)6/h10-11,14-15,20-21H,7-9,12-13,16-19H2,1-6H3. The number of ether oxygens (including phenoxy) is 2. The molecule has 4 heteroatoms. The van der Waals surface area contributed by atoms with Crippen molar-refractivity contribution in [1.82, 2.24) is 0 Å². The maximum absolute atomic E-state index is 12.5. The minimum absolute atomic E-state index is 0.258. The second-order valence-corrected chi connectivity index (χ2v) is 10.1. The molecule has 0 N–H and O–H groups in total. The van der Waals surface area contributed by atoms with Gasteiger partial charge in [0.25, 0.3) is 0 Å². The largest absolute Gasteiger partial charge is 0.462 e. The average molecular weight is 419 g/mol. The van der Waals surface area contributed by atoms with Gasteiger partial charge in [0, 0.05) is 0 Å². The molecule has 0 aliphatic carbocycles. The van der Waals surface area contributed by atoms with Gasteiger partial charge < -0.3 is 9.47 Å². The van der Waals surface area contributed by atoms with Crippen LogP contribution in [0.3, 0.4) is 0 Å². The van der Waals surface area contributed by atoms with Gasteiger partial charge in [-0.3, -0.25) is 0 Å². The van der Waals surface area contributed by atoms with Gasteiger partial charge in [0.05, 0.1) is 24.3 Å². The molecule has 1 rings (SSSR count). The Balaban J connectivity index is 2.44. The van der Waals surface area contributed by atoms with Gasteiger partial charge in [-0.15, -0.1) is 0 Å². The second kappa shape index (κ2) is 13.5. The first-order chi connectivity index (χ1) is 14.1. The molecule has 1 aromatic rings. The zero-order valence-electron chi connectivity index (χ0n) is 20.0. The minimum atomic E-state index is -0.459. The van der Waals surface area contributed by atoms with E-state index in [0.717, 1.165) is 38.0 Å². The Labute approximate surface area is 183 Å². The molecule has 0 spiro atoms. The number of carbonyl (C=O) groups is 2. The van der Waals surface area contributed by atoms with Crippen molar-refractivity contribution in [2.24, 2.45) is 17.3 Å². The lowest BCUT2D eigenvalue weighted by Gasteiger charge is -2.23. The van der Waals surface area contributed by atoms with E-state index in [1.54, 1.807) is 24.3 Å². The quantitative estimate of drug-likeness (QED) is 0.254. The van der Waals surface area contributed by atoms with Gasteiger partial charge in [0.2, 0.25) is 0 Å². The highest BCUT2D eigenvalue weighted by Gasteiger charge is 2.20. The summed E-state index contributed by atoms with van der Waals surface area (Å²) in [5.41, 5.74) is 0.821. The highest BCUT2D eigenvalue weighted by atomic mass is 16.5. The zero-order valence-corrected chi connectivity index (χ0v) is 20.0. The first-order valence-electron chi connectivity index (χ1n) is 11.5. The third kappa shape index (κ3) is 11.4. The molecule has 0 heterocycles. The molecular weight excluding hydrogens is 376 g/mol. The van der Waals surface area contributed by atoms with E-state index in [4.69, 9.17) is 9.47 Å².